The molecule has 0 spiro atoms. The first-order chi connectivity index (χ1) is 7.40. The molecule has 0 radical (unpaired) electrons. The molecule has 0 amide bonds. The summed E-state index contributed by atoms with van der Waals surface area (Å²) in [6.45, 7) is 10.3. The van der Waals surface area contributed by atoms with E-state index in [9.17, 15) is 9.59 Å². The van der Waals surface area contributed by atoms with Gasteiger partial charge in [0.1, 0.15) is 5.78 Å². The lowest BCUT2D eigenvalue weighted by Crippen LogP contribution is -2.39. The van der Waals surface area contributed by atoms with E-state index in [0.717, 1.165) is 6.54 Å². The maximum Gasteiger partial charge on any atom is 0.152 e. The Kier molecular flexibility index (Phi) is 7.22. The molecule has 0 rings (SSSR count). The van der Waals surface area contributed by atoms with Crippen molar-refractivity contribution in [2.24, 2.45) is 11.8 Å². The standard InChI is InChI=1S/C13H25NO2/c1-6-14-11(13(16)10(4)5)7-8-12(15)9(2)3/h9-11,14H,6-8H2,1-5H3. The first kappa shape index (κ1) is 15.3. The van der Waals surface area contributed by atoms with Gasteiger partial charge in [0.05, 0.1) is 6.04 Å². The maximum absolute atomic E-state index is 11.8. The van der Waals surface area contributed by atoms with Crippen molar-refractivity contribution in [3.63, 3.8) is 0 Å². The van der Waals surface area contributed by atoms with E-state index in [-0.39, 0.29) is 29.4 Å². The van der Waals surface area contributed by atoms with Gasteiger partial charge in [-0.2, -0.15) is 0 Å². The Labute approximate surface area is 99.0 Å². The van der Waals surface area contributed by atoms with Crippen LogP contribution in [0.25, 0.3) is 0 Å². The third-order valence-corrected chi connectivity index (χ3v) is 2.69. The summed E-state index contributed by atoms with van der Waals surface area (Å²) in [6, 6.07) is -0.160. The largest absolute Gasteiger partial charge is 0.308 e. The zero-order chi connectivity index (χ0) is 12.7. The van der Waals surface area contributed by atoms with E-state index >= 15 is 0 Å². The molecular formula is C13H25NO2. The smallest absolute Gasteiger partial charge is 0.152 e. The third-order valence-electron chi connectivity index (χ3n) is 2.69. The number of Topliss-reactive ketones (excluding diaryl/α,β-unsaturated/α-hetero) is 2. The van der Waals surface area contributed by atoms with Gasteiger partial charge < -0.3 is 5.32 Å². The quantitative estimate of drug-likeness (QED) is 0.691. The van der Waals surface area contributed by atoms with Crippen molar-refractivity contribution in [3.8, 4) is 0 Å². The van der Waals surface area contributed by atoms with Crippen LogP contribution in [-0.4, -0.2) is 24.2 Å². The van der Waals surface area contributed by atoms with Gasteiger partial charge in [0.25, 0.3) is 0 Å². The summed E-state index contributed by atoms with van der Waals surface area (Å²) >= 11 is 0. The van der Waals surface area contributed by atoms with E-state index in [1.807, 2.05) is 34.6 Å². The van der Waals surface area contributed by atoms with Crippen molar-refractivity contribution >= 4 is 11.6 Å². The molecule has 0 heterocycles. The molecule has 0 aromatic heterocycles. The highest BCUT2D eigenvalue weighted by Gasteiger charge is 2.21. The molecule has 0 aliphatic heterocycles. The topological polar surface area (TPSA) is 46.2 Å². The van der Waals surface area contributed by atoms with E-state index in [4.69, 9.17) is 0 Å². The Morgan fingerprint density at radius 1 is 1.06 bits per heavy atom. The lowest BCUT2D eigenvalue weighted by molar-refractivity contribution is -0.125. The van der Waals surface area contributed by atoms with Gasteiger partial charge in [-0.25, -0.2) is 0 Å². The summed E-state index contributed by atoms with van der Waals surface area (Å²) in [5, 5.41) is 3.16. The molecule has 16 heavy (non-hydrogen) atoms. The number of likely N-dealkylation sites (N-methyl/N-ethyl adjacent to an activating group) is 1. The van der Waals surface area contributed by atoms with Crippen LogP contribution >= 0.6 is 0 Å². The van der Waals surface area contributed by atoms with Crippen LogP contribution in [0.5, 0.6) is 0 Å². The fraction of sp³-hybridized carbons (Fsp3) is 0.846. The van der Waals surface area contributed by atoms with Crippen molar-refractivity contribution in [3.05, 3.63) is 0 Å². The normalized spacial score (nSPS) is 13.2. The summed E-state index contributed by atoms with van der Waals surface area (Å²) in [6.07, 6.45) is 1.12. The second-order valence-electron chi connectivity index (χ2n) is 4.83. The van der Waals surface area contributed by atoms with Crippen LogP contribution in [0.1, 0.15) is 47.5 Å². The Hall–Kier alpha value is -0.700. The Morgan fingerprint density at radius 2 is 1.62 bits per heavy atom. The predicted molar refractivity (Wildman–Crippen MR) is 66.4 cm³/mol. The summed E-state index contributed by atoms with van der Waals surface area (Å²) < 4.78 is 0. The molecule has 3 heteroatoms. The van der Waals surface area contributed by atoms with E-state index in [1.165, 1.54) is 0 Å². The van der Waals surface area contributed by atoms with Gasteiger partial charge in [0.15, 0.2) is 5.78 Å². The molecule has 0 aliphatic carbocycles. The molecule has 1 N–H and O–H groups in total. The molecule has 0 fully saturated rings. The molecule has 0 aromatic carbocycles. The Balaban J connectivity index is 4.24. The minimum absolute atomic E-state index is 0.0261. The van der Waals surface area contributed by atoms with Crippen molar-refractivity contribution in [2.75, 3.05) is 6.54 Å². The number of rotatable bonds is 8. The van der Waals surface area contributed by atoms with Crippen molar-refractivity contribution in [1.29, 1.82) is 0 Å². The number of nitrogens with one attached hydrogen (secondary N) is 1. The fourth-order valence-electron chi connectivity index (χ4n) is 1.57. The van der Waals surface area contributed by atoms with Crippen LogP contribution in [-0.2, 0) is 9.59 Å². The summed E-state index contributed by atoms with van der Waals surface area (Å²) in [5.74, 6) is 0.535. The lowest BCUT2D eigenvalue weighted by atomic mass is 9.95. The highest BCUT2D eigenvalue weighted by Crippen LogP contribution is 2.09. The van der Waals surface area contributed by atoms with E-state index in [0.29, 0.717) is 12.8 Å². The van der Waals surface area contributed by atoms with Crippen molar-refractivity contribution in [1.82, 2.24) is 5.32 Å². The molecule has 0 aromatic rings. The summed E-state index contributed by atoms with van der Waals surface area (Å²) in [7, 11) is 0. The molecule has 1 unspecified atom stereocenters. The third kappa shape index (κ3) is 5.40. The van der Waals surface area contributed by atoms with Gasteiger partial charge in [-0.3, -0.25) is 9.59 Å². The average Bonchev–Trinajstić information content (AvgIpc) is 2.22. The molecule has 0 aliphatic rings. The number of ketones is 2. The van der Waals surface area contributed by atoms with Gasteiger partial charge in [0, 0.05) is 18.3 Å². The molecule has 94 valence electrons. The van der Waals surface area contributed by atoms with Gasteiger partial charge >= 0.3 is 0 Å². The monoisotopic (exact) mass is 227 g/mol. The molecule has 0 saturated carbocycles. The first-order valence-electron chi connectivity index (χ1n) is 6.19. The second kappa shape index (κ2) is 7.55. The van der Waals surface area contributed by atoms with Gasteiger partial charge in [0.2, 0.25) is 0 Å². The van der Waals surface area contributed by atoms with E-state index < -0.39 is 0 Å². The maximum atomic E-state index is 11.8. The van der Waals surface area contributed by atoms with E-state index in [2.05, 4.69) is 5.32 Å². The Morgan fingerprint density at radius 3 is 2.00 bits per heavy atom. The van der Waals surface area contributed by atoms with Crippen LogP contribution in [0.15, 0.2) is 0 Å². The lowest BCUT2D eigenvalue weighted by Gasteiger charge is -2.18. The average molecular weight is 227 g/mol. The molecule has 0 bridgehead atoms. The molecular weight excluding hydrogens is 202 g/mol. The second-order valence-corrected chi connectivity index (χ2v) is 4.83. The summed E-state index contributed by atoms with van der Waals surface area (Å²) in [5.41, 5.74) is 0. The van der Waals surface area contributed by atoms with Crippen LogP contribution < -0.4 is 5.32 Å². The van der Waals surface area contributed by atoms with Crippen molar-refractivity contribution < 1.29 is 9.59 Å². The van der Waals surface area contributed by atoms with Gasteiger partial charge in [-0.05, 0) is 13.0 Å². The van der Waals surface area contributed by atoms with Crippen LogP contribution in [0.2, 0.25) is 0 Å². The van der Waals surface area contributed by atoms with Gasteiger partial charge in [-0.1, -0.05) is 34.6 Å². The molecule has 0 saturated heterocycles. The molecule has 3 nitrogen and oxygen atoms in total. The predicted octanol–water partition coefficient (Wildman–Crippen LogP) is 2.19. The SMILES string of the molecule is CCNC(CCC(=O)C(C)C)C(=O)C(C)C. The molecule has 1 atom stereocenters. The number of carbonyl (C=O) groups is 2. The van der Waals surface area contributed by atoms with Crippen LogP contribution in [0.4, 0.5) is 0 Å². The zero-order valence-electron chi connectivity index (χ0n) is 11.2. The number of hydrogen-bond acceptors (Lipinski definition) is 3. The summed E-state index contributed by atoms with van der Waals surface area (Å²) in [4.78, 5) is 23.3. The number of carbonyl (C=O) groups excluding carboxylic acids is 2. The first-order valence-corrected chi connectivity index (χ1v) is 6.19. The fourth-order valence-corrected chi connectivity index (χ4v) is 1.57. The highest BCUT2D eigenvalue weighted by atomic mass is 16.1. The highest BCUT2D eigenvalue weighted by molar-refractivity contribution is 5.87. The minimum atomic E-state index is -0.160. The van der Waals surface area contributed by atoms with Crippen molar-refractivity contribution in [2.45, 2.75) is 53.5 Å². The minimum Gasteiger partial charge on any atom is -0.308 e. The van der Waals surface area contributed by atoms with Crippen LogP contribution in [0.3, 0.4) is 0 Å². The van der Waals surface area contributed by atoms with Gasteiger partial charge in [-0.15, -0.1) is 0 Å². The Bertz CT molecular complexity index is 234. The number of hydrogen-bond donors (Lipinski definition) is 1. The van der Waals surface area contributed by atoms with Crippen LogP contribution in [0, 0.1) is 11.8 Å². The zero-order valence-corrected chi connectivity index (χ0v) is 11.2. The van der Waals surface area contributed by atoms with E-state index in [1.54, 1.807) is 0 Å².